The maximum absolute atomic E-state index is 6.33. The van der Waals surface area contributed by atoms with E-state index in [4.69, 9.17) is 17.3 Å². The van der Waals surface area contributed by atoms with Gasteiger partial charge in [-0.15, -0.1) is 0 Å². The fourth-order valence-corrected chi connectivity index (χ4v) is 2.93. The molecule has 3 nitrogen and oxygen atoms in total. The van der Waals surface area contributed by atoms with Gasteiger partial charge in [-0.2, -0.15) is 0 Å². The number of hydrogen-bond acceptors (Lipinski definition) is 3. The molecule has 1 unspecified atom stereocenters. The maximum Gasteiger partial charge on any atom is 0.0639 e. The first kappa shape index (κ1) is 13.7. The largest absolute Gasteiger partial charge is 0.366 e. The zero-order valence-corrected chi connectivity index (χ0v) is 11.7. The lowest BCUT2D eigenvalue weighted by atomic mass is 10.1. The van der Waals surface area contributed by atoms with Crippen LogP contribution in [0.3, 0.4) is 0 Å². The number of rotatable bonds is 3. The number of para-hydroxylation sites is 1. The predicted octanol–water partition coefficient (Wildman–Crippen LogP) is 2.20. The number of anilines is 1. The van der Waals surface area contributed by atoms with Crippen LogP contribution in [-0.2, 0) is 0 Å². The first-order chi connectivity index (χ1) is 8.72. The fraction of sp³-hybridized carbons (Fsp3) is 0.571. The van der Waals surface area contributed by atoms with Gasteiger partial charge in [0.05, 0.1) is 10.7 Å². The molecule has 1 fully saturated rings. The molecule has 0 saturated carbocycles. The van der Waals surface area contributed by atoms with Gasteiger partial charge in [-0.3, -0.25) is 0 Å². The minimum atomic E-state index is 0.461. The number of halogens is 1. The lowest BCUT2D eigenvalue weighted by molar-refractivity contribution is 0.326. The Balaban J connectivity index is 2.24. The van der Waals surface area contributed by atoms with Crippen molar-refractivity contribution in [3.05, 3.63) is 29.3 Å². The molecule has 4 heteroatoms. The van der Waals surface area contributed by atoms with Crippen molar-refractivity contribution in [3.63, 3.8) is 0 Å². The van der Waals surface area contributed by atoms with Crippen LogP contribution in [0.5, 0.6) is 0 Å². The summed E-state index contributed by atoms with van der Waals surface area (Å²) >= 11 is 6.33. The summed E-state index contributed by atoms with van der Waals surface area (Å²) in [5, 5.41) is 0.837. The zero-order valence-electron chi connectivity index (χ0n) is 11.0. The monoisotopic (exact) mass is 267 g/mol. The first-order valence-electron chi connectivity index (χ1n) is 6.62. The highest BCUT2D eigenvalue weighted by Crippen LogP contribution is 2.29. The molecule has 100 valence electrons. The molecular formula is C14H22ClN3. The lowest BCUT2D eigenvalue weighted by Gasteiger charge is -2.33. The van der Waals surface area contributed by atoms with E-state index in [1.807, 2.05) is 12.1 Å². The van der Waals surface area contributed by atoms with Crippen molar-refractivity contribution in [1.82, 2.24) is 4.90 Å². The summed E-state index contributed by atoms with van der Waals surface area (Å²) in [6.45, 7) is 3.97. The van der Waals surface area contributed by atoms with Crippen LogP contribution in [0.2, 0.25) is 5.02 Å². The predicted molar refractivity (Wildman–Crippen MR) is 78.4 cm³/mol. The Kier molecular flexibility index (Phi) is 4.87. The Morgan fingerprint density at radius 1 is 1.33 bits per heavy atom. The second kappa shape index (κ2) is 6.41. The summed E-state index contributed by atoms with van der Waals surface area (Å²) in [5.74, 6) is 0. The molecule has 1 aromatic rings. The molecule has 1 saturated heterocycles. The standard InChI is InChI=1S/C14H22ClN3/c1-17-9-4-10-18(12(11-17)7-8-16)14-6-3-2-5-13(14)15/h2-3,5-6,12H,4,7-11,16H2,1H3. The summed E-state index contributed by atoms with van der Waals surface area (Å²) in [7, 11) is 2.18. The Morgan fingerprint density at radius 3 is 2.83 bits per heavy atom. The molecule has 18 heavy (non-hydrogen) atoms. The first-order valence-corrected chi connectivity index (χ1v) is 7.00. The topological polar surface area (TPSA) is 32.5 Å². The van der Waals surface area contributed by atoms with E-state index in [9.17, 15) is 0 Å². The second-order valence-electron chi connectivity index (χ2n) is 4.99. The molecule has 1 aromatic carbocycles. The molecule has 1 aliphatic rings. The summed E-state index contributed by atoms with van der Waals surface area (Å²) in [5.41, 5.74) is 6.90. The van der Waals surface area contributed by atoms with E-state index < -0.39 is 0 Å². The lowest BCUT2D eigenvalue weighted by Crippen LogP contribution is -2.41. The third-order valence-electron chi connectivity index (χ3n) is 3.56. The summed E-state index contributed by atoms with van der Waals surface area (Å²) in [6, 6.07) is 8.56. The quantitative estimate of drug-likeness (QED) is 0.911. The number of benzene rings is 1. The van der Waals surface area contributed by atoms with E-state index in [-0.39, 0.29) is 0 Å². The molecule has 0 amide bonds. The number of hydrogen-bond donors (Lipinski definition) is 1. The van der Waals surface area contributed by atoms with Crippen LogP contribution in [0.4, 0.5) is 5.69 Å². The fourth-order valence-electron chi connectivity index (χ4n) is 2.68. The van der Waals surface area contributed by atoms with Crippen LogP contribution in [-0.4, -0.2) is 44.2 Å². The molecule has 1 heterocycles. The van der Waals surface area contributed by atoms with Crippen molar-refractivity contribution in [3.8, 4) is 0 Å². The van der Waals surface area contributed by atoms with Gasteiger partial charge in [0.1, 0.15) is 0 Å². The van der Waals surface area contributed by atoms with Crippen LogP contribution >= 0.6 is 11.6 Å². The Hall–Kier alpha value is -0.770. The molecule has 0 aromatic heterocycles. The van der Waals surface area contributed by atoms with Gasteiger partial charge in [0, 0.05) is 19.1 Å². The number of nitrogens with zero attached hydrogens (tertiary/aromatic N) is 2. The molecule has 2 N–H and O–H groups in total. The van der Waals surface area contributed by atoms with Gasteiger partial charge in [-0.1, -0.05) is 23.7 Å². The van der Waals surface area contributed by atoms with Gasteiger partial charge in [0.2, 0.25) is 0 Å². The van der Waals surface area contributed by atoms with Crippen LogP contribution in [0.25, 0.3) is 0 Å². The molecule has 1 atom stereocenters. The highest BCUT2D eigenvalue weighted by Gasteiger charge is 2.24. The average Bonchev–Trinajstić information content (AvgIpc) is 2.52. The average molecular weight is 268 g/mol. The Labute approximate surface area is 115 Å². The third-order valence-corrected chi connectivity index (χ3v) is 3.88. The van der Waals surface area contributed by atoms with E-state index in [1.165, 1.54) is 6.42 Å². The van der Waals surface area contributed by atoms with Crippen molar-refractivity contribution in [2.45, 2.75) is 18.9 Å². The minimum Gasteiger partial charge on any atom is -0.366 e. The van der Waals surface area contributed by atoms with Gasteiger partial charge in [0.15, 0.2) is 0 Å². The highest BCUT2D eigenvalue weighted by atomic mass is 35.5. The molecule has 2 rings (SSSR count). The van der Waals surface area contributed by atoms with E-state index in [1.54, 1.807) is 0 Å². The number of likely N-dealkylation sites (N-methyl/N-ethyl adjacent to an activating group) is 1. The molecule has 0 aliphatic carbocycles. The van der Waals surface area contributed by atoms with E-state index in [0.717, 1.165) is 43.3 Å². The third kappa shape index (κ3) is 3.16. The Morgan fingerprint density at radius 2 is 2.11 bits per heavy atom. The maximum atomic E-state index is 6.33. The number of nitrogens with two attached hydrogens (primary N) is 1. The zero-order chi connectivity index (χ0) is 13.0. The molecular weight excluding hydrogens is 246 g/mol. The van der Waals surface area contributed by atoms with Crippen molar-refractivity contribution in [2.24, 2.45) is 5.73 Å². The van der Waals surface area contributed by atoms with Gasteiger partial charge < -0.3 is 15.5 Å². The van der Waals surface area contributed by atoms with Gasteiger partial charge in [-0.25, -0.2) is 0 Å². The van der Waals surface area contributed by atoms with Crippen molar-refractivity contribution in [1.29, 1.82) is 0 Å². The molecule has 0 radical (unpaired) electrons. The second-order valence-corrected chi connectivity index (χ2v) is 5.40. The van der Waals surface area contributed by atoms with Gasteiger partial charge in [0.25, 0.3) is 0 Å². The van der Waals surface area contributed by atoms with Crippen LogP contribution < -0.4 is 10.6 Å². The molecule has 1 aliphatic heterocycles. The SMILES string of the molecule is CN1CCCN(c2ccccc2Cl)C(CCN)C1. The van der Waals surface area contributed by atoms with E-state index in [2.05, 4.69) is 29.0 Å². The molecule has 0 spiro atoms. The van der Waals surface area contributed by atoms with Gasteiger partial charge >= 0.3 is 0 Å². The summed E-state index contributed by atoms with van der Waals surface area (Å²) in [6.07, 6.45) is 2.18. The van der Waals surface area contributed by atoms with Crippen LogP contribution in [0.15, 0.2) is 24.3 Å². The van der Waals surface area contributed by atoms with Crippen LogP contribution in [0, 0.1) is 0 Å². The normalized spacial score (nSPS) is 21.9. The highest BCUT2D eigenvalue weighted by molar-refractivity contribution is 6.33. The summed E-state index contributed by atoms with van der Waals surface area (Å²) in [4.78, 5) is 4.82. The Bertz CT molecular complexity index is 383. The smallest absolute Gasteiger partial charge is 0.0639 e. The van der Waals surface area contributed by atoms with Crippen molar-refractivity contribution < 1.29 is 0 Å². The van der Waals surface area contributed by atoms with Crippen molar-refractivity contribution >= 4 is 17.3 Å². The van der Waals surface area contributed by atoms with E-state index >= 15 is 0 Å². The van der Waals surface area contributed by atoms with Gasteiger partial charge in [-0.05, 0) is 45.1 Å². The molecule has 0 bridgehead atoms. The van der Waals surface area contributed by atoms with Crippen LogP contribution in [0.1, 0.15) is 12.8 Å². The minimum absolute atomic E-state index is 0.461. The van der Waals surface area contributed by atoms with Crippen molar-refractivity contribution in [2.75, 3.05) is 38.1 Å². The summed E-state index contributed by atoms with van der Waals surface area (Å²) < 4.78 is 0. The van der Waals surface area contributed by atoms with E-state index in [0.29, 0.717) is 6.04 Å².